The number of hydrogen-bond donors (Lipinski definition) is 0. The Morgan fingerprint density at radius 1 is 0.310 bits per heavy atom. The van der Waals surface area contributed by atoms with Crippen LogP contribution in [0.25, 0.3) is 109 Å². The van der Waals surface area contributed by atoms with Gasteiger partial charge in [0.15, 0.2) is 0 Å². The Balaban J connectivity index is 1.26. The van der Waals surface area contributed by atoms with E-state index in [1.807, 2.05) is 0 Å². The van der Waals surface area contributed by atoms with Crippen molar-refractivity contribution in [2.45, 2.75) is 52.4 Å². The molecular formula is C54H42N4. The van der Waals surface area contributed by atoms with Gasteiger partial charge < -0.3 is 17.9 Å². The highest BCUT2D eigenvalue weighted by Gasteiger charge is 2.31. The number of hydrogen-bond acceptors (Lipinski definition) is 0. The fourth-order valence-corrected chi connectivity index (χ4v) is 10.8. The molecule has 0 amide bonds. The van der Waals surface area contributed by atoms with Crippen LogP contribution in [-0.2, 0) is 10.8 Å². The topological polar surface area (TPSA) is 18.7 Å². The molecule has 0 fully saturated rings. The van der Waals surface area contributed by atoms with Crippen LogP contribution in [0.15, 0.2) is 146 Å². The molecule has 0 atom stereocenters. The van der Waals surface area contributed by atoms with Gasteiger partial charge in [0, 0.05) is 87.5 Å². The molecule has 0 saturated heterocycles. The van der Waals surface area contributed by atoms with E-state index in [-0.39, 0.29) is 10.8 Å². The van der Waals surface area contributed by atoms with Crippen LogP contribution in [0.2, 0.25) is 0 Å². The molecule has 0 N–H and O–H groups in total. The van der Waals surface area contributed by atoms with Crippen LogP contribution in [0.1, 0.15) is 52.9 Å². The normalized spacial score (nSPS) is 13.3. The SMILES string of the molecule is CC(C)(C)c1cc2c3c4ccccc4n(-c4ccccc4)c3cc3c4cc5c6cc7c(c8ccccc8n7-c7ccccc7)c7cc(C(C)(C)C)n(c5cc4n1c32)c67. The second-order valence-corrected chi connectivity index (χ2v) is 18.7. The average Bonchev–Trinajstić information content (AvgIpc) is 4.05. The molecule has 58 heavy (non-hydrogen) atoms. The standard InChI is InChI=1S/C54H42N4/c1-53(2,3)47-28-39-49-33-21-13-15-23-41(33)55(31-17-9-7-10-18-31)45(49)26-37-35-25-36-38-27-46-50(34-22-14-16-24-42(34)56(46)32-19-11-8-12-20-32)40-29-48(54(4,5)6)58(52(38)40)44(36)30-43(35)57(47)51(37)39/h7-30H,1-6H3. The minimum absolute atomic E-state index is 0.0869. The molecular weight excluding hydrogens is 705 g/mol. The zero-order valence-corrected chi connectivity index (χ0v) is 33.6. The van der Waals surface area contributed by atoms with Gasteiger partial charge in [-0.3, -0.25) is 0 Å². The smallest absolute Gasteiger partial charge is 0.0618 e. The molecule has 6 aromatic heterocycles. The lowest BCUT2D eigenvalue weighted by Crippen LogP contribution is -2.14. The van der Waals surface area contributed by atoms with Gasteiger partial charge in [-0.15, -0.1) is 0 Å². The van der Waals surface area contributed by atoms with Crippen molar-refractivity contribution < 1.29 is 0 Å². The largest absolute Gasteiger partial charge is 0.312 e. The van der Waals surface area contributed by atoms with Gasteiger partial charge in [-0.05, 0) is 72.8 Å². The van der Waals surface area contributed by atoms with E-state index in [0.29, 0.717) is 0 Å². The lowest BCUT2D eigenvalue weighted by molar-refractivity contribution is 0.567. The van der Waals surface area contributed by atoms with Crippen molar-refractivity contribution in [2.24, 2.45) is 0 Å². The van der Waals surface area contributed by atoms with E-state index >= 15 is 0 Å². The first-order chi connectivity index (χ1) is 28.1. The van der Waals surface area contributed by atoms with Gasteiger partial charge in [-0.2, -0.15) is 0 Å². The van der Waals surface area contributed by atoms with Crippen molar-refractivity contribution in [1.82, 2.24) is 17.9 Å². The summed E-state index contributed by atoms with van der Waals surface area (Å²) in [5.41, 5.74) is 15.0. The molecule has 13 rings (SSSR count). The zero-order chi connectivity index (χ0) is 39.0. The zero-order valence-electron chi connectivity index (χ0n) is 33.6. The van der Waals surface area contributed by atoms with Crippen molar-refractivity contribution in [3.63, 3.8) is 0 Å². The molecule has 0 aliphatic rings. The summed E-state index contributed by atoms with van der Waals surface area (Å²) < 4.78 is 10.2. The number of para-hydroxylation sites is 4. The fraction of sp³-hybridized carbons (Fsp3) is 0.148. The van der Waals surface area contributed by atoms with Crippen LogP contribution in [0, 0.1) is 0 Å². The Hall–Kier alpha value is -6.78. The van der Waals surface area contributed by atoms with E-state index in [4.69, 9.17) is 0 Å². The number of aromatic nitrogens is 4. The second kappa shape index (κ2) is 10.6. The van der Waals surface area contributed by atoms with Crippen molar-refractivity contribution in [3.8, 4) is 11.4 Å². The lowest BCUT2D eigenvalue weighted by Gasteiger charge is -2.19. The van der Waals surface area contributed by atoms with Gasteiger partial charge in [0.1, 0.15) is 0 Å². The molecule has 4 heteroatoms. The van der Waals surface area contributed by atoms with E-state index in [2.05, 4.69) is 205 Å². The molecule has 0 bridgehead atoms. The monoisotopic (exact) mass is 746 g/mol. The molecule has 13 aromatic rings. The van der Waals surface area contributed by atoms with E-state index < -0.39 is 0 Å². The highest BCUT2D eigenvalue weighted by atomic mass is 15.0. The number of benzene rings is 7. The predicted molar refractivity (Wildman–Crippen MR) is 247 cm³/mol. The summed E-state index contributed by atoms with van der Waals surface area (Å²) in [6, 6.07) is 54.7. The van der Waals surface area contributed by atoms with Gasteiger partial charge in [-0.1, -0.05) is 114 Å². The number of rotatable bonds is 2. The molecule has 7 aromatic carbocycles. The van der Waals surface area contributed by atoms with Crippen molar-refractivity contribution in [3.05, 3.63) is 157 Å². The summed E-state index contributed by atoms with van der Waals surface area (Å²) in [6.07, 6.45) is 0. The van der Waals surface area contributed by atoms with Gasteiger partial charge in [-0.25, -0.2) is 0 Å². The highest BCUT2D eigenvalue weighted by molar-refractivity contribution is 6.33. The minimum Gasteiger partial charge on any atom is -0.312 e. The Labute approximate surface area is 335 Å². The summed E-state index contributed by atoms with van der Waals surface area (Å²) in [4.78, 5) is 0. The third-order valence-corrected chi connectivity index (χ3v) is 13.2. The Kier molecular flexibility index (Phi) is 5.90. The molecule has 0 aliphatic carbocycles. The maximum absolute atomic E-state index is 2.61. The molecule has 0 aliphatic heterocycles. The van der Waals surface area contributed by atoms with Crippen LogP contribution >= 0.6 is 0 Å². The molecule has 0 radical (unpaired) electrons. The first kappa shape index (κ1) is 32.3. The van der Waals surface area contributed by atoms with Crippen LogP contribution in [0.5, 0.6) is 0 Å². The van der Waals surface area contributed by atoms with Crippen LogP contribution < -0.4 is 0 Å². The van der Waals surface area contributed by atoms with Crippen LogP contribution in [0.3, 0.4) is 0 Å². The molecule has 4 nitrogen and oxygen atoms in total. The fourth-order valence-electron chi connectivity index (χ4n) is 10.8. The van der Waals surface area contributed by atoms with Gasteiger partial charge in [0.05, 0.1) is 44.1 Å². The molecule has 278 valence electrons. The third kappa shape index (κ3) is 3.90. The third-order valence-electron chi connectivity index (χ3n) is 13.2. The number of nitrogens with zero attached hydrogens (tertiary/aromatic N) is 4. The molecule has 6 heterocycles. The first-order valence-electron chi connectivity index (χ1n) is 20.6. The quantitative estimate of drug-likeness (QED) is 0.168. The van der Waals surface area contributed by atoms with E-state index in [0.717, 1.165) is 0 Å². The maximum atomic E-state index is 2.61. The lowest BCUT2D eigenvalue weighted by atomic mass is 9.91. The van der Waals surface area contributed by atoms with Crippen LogP contribution in [0.4, 0.5) is 0 Å². The second-order valence-electron chi connectivity index (χ2n) is 18.7. The summed E-state index contributed by atoms with van der Waals surface area (Å²) in [7, 11) is 0. The van der Waals surface area contributed by atoms with Crippen LogP contribution in [-0.4, -0.2) is 17.9 Å². The average molecular weight is 747 g/mol. The summed E-state index contributed by atoms with van der Waals surface area (Å²) in [5, 5.41) is 13.1. The molecule has 0 saturated carbocycles. The Morgan fingerprint density at radius 3 is 1.12 bits per heavy atom. The predicted octanol–water partition coefficient (Wildman–Crippen LogP) is 14.5. The molecule has 0 unspecified atom stereocenters. The highest BCUT2D eigenvalue weighted by Crippen LogP contribution is 2.50. The minimum atomic E-state index is -0.0869. The first-order valence-corrected chi connectivity index (χ1v) is 20.6. The molecule has 0 spiro atoms. The van der Waals surface area contributed by atoms with E-state index in [1.54, 1.807) is 0 Å². The number of fused-ring (bicyclic) bond motifs is 14. The van der Waals surface area contributed by atoms with Crippen molar-refractivity contribution >= 4 is 98.0 Å². The van der Waals surface area contributed by atoms with Gasteiger partial charge in [0.2, 0.25) is 0 Å². The van der Waals surface area contributed by atoms with E-state index in [1.165, 1.54) is 121 Å². The van der Waals surface area contributed by atoms with Gasteiger partial charge in [0.25, 0.3) is 0 Å². The summed E-state index contributed by atoms with van der Waals surface area (Å²) in [5.74, 6) is 0. The van der Waals surface area contributed by atoms with E-state index in [9.17, 15) is 0 Å². The maximum Gasteiger partial charge on any atom is 0.0618 e. The Bertz CT molecular complexity index is 3580. The Morgan fingerprint density at radius 2 is 0.707 bits per heavy atom. The summed E-state index contributed by atoms with van der Waals surface area (Å²) >= 11 is 0. The van der Waals surface area contributed by atoms with Crippen molar-refractivity contribution in [2.75, 3.05) is 0 Å². The van der Waals surface area contributed by atoms with Gasteiger partial charge >= 0.3 is 0 Å². The summed E-state index contributed by atoms with van der Waals surface area (Å²) in [6.45, 7) is 14.2. The van der Waals surface area contributed by atoms with Crippen molar-refractivity contribution in [1.29, 1.82) is 0 Å².